The lowest BCUT2D eigenvalue weighted by molar-refractivity contribution is 0.616. The molecule has 1 heterocycles. The van der Waals surface area contributed by atoms with E-state index in [1.807, 2.05) is 0 Å². The number of hydrogen-bond acceptors (Lipinski definition) is 1. The monoisotopic (exact) mass is 384 g/mol. The van der Waals surface area contributed by atoms with Crippen molar-refractivity contribution in [1.82, 2.24) is 0 Å². The summed E-state index contributed by atoms with van der Waals surface area (Å²) in [5.74, 6) is 0.698. The van der Waals surface area contributed by atoms with Gasteiger partial charge in [-0.15, -0.1) is 0 Å². The molecule has 0 radical (unpaired) electrons. The summed E-state index contributed by atoms with van der Waals surface area (Å²) in [5.41, 5.74) is 10.8. The van der Waals surface area contributed by atoms with Gasteiger partial charge in [-0.25, -0.2) is 0 Å². The van der Waals surface area contributed by atoms with Crippen LogP contribution in [0.25, 0.3) is 22.1 Å². The number of furan rings is 1. The lowest BCUT2D eigenvalue weighted by atomic mass is 9.89. The molecular formula is C28H32O. The number of rotatable bonds is 7. The Morgan fingerprint density at radius 1 is 1.03 bits per heavy atom. The van der Waals surface area contributed by atoms with E-state index >= 15 is 0 Å². The molecule has 29 heavy (non-hydrogen) atoms. The zero-order valence-electron chi connectivity index (χ0n) is 18.2. The van der Waals surface area contributed by atoms with E-state index in [9.17, 15) is 0 Å². The Labute approximate surface area is 175 Å². The molecule has 1 nitrogen and oxygen atoms in total. The van der Waals surface area contributed by atoms with Crippen LogP contribution in [0.2, 0.25) is 0 Å². The van der Waals surface area contributed by atoms with Crippen LogP contribution >= 0.6 is 0 Å². The molecule has 0 aliphatic heterocycles. The fourth-order valence-corrected chi connectivity index (χ4v) is 4.27. The third-order valence-corrected chi connectivity index (χ3v) is 6.14. The standard InChI is InChI=1S/C28H32O/c1-5-7-8-23(24-11-12-28-25(16-24)13-14-29-28)18-27(22-9-10-22)26-17-21(6-2)19(3)15-20(26)4/h8,11-18,22H,5-7,9-10H2,1-4H3/b23-8-,27-18-. The van der Waals surface area contributed by atoms with Gasteiger partial charge >= 0.3 is 0 Å². The molecule has 0 spiro atoms. The van der Waals surface area contributed by atoms with Crippen molar-refractivity contribution in [2.24, 2.45) is 5.92 Å². The molecule has 1 saturated carbocycles. The fraction of sp³-hybridized carbons (Fsp3) is 0.357. The molecule has 1 aliphatic carbocycles. The second-order valence-corrected chi connectivity index (χ2v) is 8.44. The SMILES string of the molecule is CCC/C=C(/C=C(\c1cc(CC)c(C)cc1C)C1CC1)c1ccc2occc2c1. The summed E-state index contributed by atoms with van der Waals surface area (Å²) >= 11 is 0. The molecule has 1 aromatic heterocycles. The summed E-state index contributed by atoms with van der Waals surface area (Å²) in [6, 6.07) is 13.4. The van der Waals surface area contributed by atoms with Gasteiger partial charge in [0.1, 0.15) is 5.58 Å². The molecule has 0 atom stereocenters. The molecule has 0 saturated heterocycles. The first kappa shape index (κ1) is 19.8. The average Bonchev–Trinajstić information content (AvgIpc) is 3.45. The number of benzene rings is 2. The third-order valence-electron chi connectivity index (χ3n) is 6.14. The zero-order valence-corrected chi connectivity index (χ0v) is 18.2. The van der Waals surface area contributed by atoms with Crippen molar-refractivity contribution in [3.8, 4) is 0 Å². The van der Waals surface area contributed by atoms with E-state index in [4.69, 9.17) is 4.42 Å². The molecule has 150 valence electrons. The Balaban J connectivity index is 1.82. The third kappa shape index (κ3) is 4.24. The number of allylic oxidation sites excluding steroid dienone is 4. The second-order valence-electron chi connectivity index (χ2n) is 8.44. The summed E-state index contributed by atoms with van der Waals surface area (Å²) in [7, 11) is 0. The van der Waals surface area contributed by atoms with Gasteiger partial charge in [0.25, 0.3) is 0 Å². The number of aryl methyl sites for hydroxylation is 3. The van der Waals surface area contributed by atoms with Gasteiger partial charge in [0, 0.05) is 5.39 Å². The smallest absolute Gasteiger partial charge is 0.133 e. The number of fused-ring (bicyclic) bond motifs is 1. The first-order chi connectivity index (χ1) is 14.1. The highest BCUT2D eigenvalue weighted by Gasteiger charge is 2.28. The number of hydrogen-bond donors (Lipinski definition) is 0. The van der Waals surface area contributed by atoms with E-state index in [0.717, 1.165) is 24.8 Å². The topological polar surface area (TPSA) is 13.1 Å². The molecule has 0 amide bonds. The van der Waals surface area contributed by atoms with Crippen molar-refractivity contribution in [2.75, 3.05) is 0 Å². The van der Waals surface area contributed by atoms with Crippen LogP contribution in [-0.2, 0) is 6.42 Å². The van der Waals surface area contributed by atoms with Gasteiger partial charge in [0.05, 0.1) is 6.26 Å². The van der Waals surface area contributed by atoms with Gasteiger partial charge in [-0.1, -0.05) is 50.6 Å². The van der Waals surface area contributed by atoms with Crippen LogP contribution in [0, 0.1) is 19.8 Å². The van der Waals surface area contributed by atoms with E-state index in [2.05, 4.69) is 76.2 Å². The summed E-state index contributed by atoms with van der Waals surface area (Å²) in [4.78, 5) is 0. The van der Waals surface area contributed by atoms with Crippen LogP contribution in [-0.4, -0.2) is 0 Å². The van der Waals surface area contributed by atoms with Gasteiger partial charge in [-0.05, 0) is 103 Å². The largest absolute Gasteiger partial charge is 0.464 e. The first-order valence-corrected chi connectivity index (χ1v) is 11.1. The first-order valence-electron chi connectivity index (χ1n) is 11.1. The second kappa shape index (κ2) is 8.45. The van der Waals surface area contributed by atoms with Gasteiger partial charge in [-0.3, -0.25) is 0 Å². The molecule has 1 fully saturated rings. The van der Waals surface area contributed by atoms with Crippen molar-refractivity contribution in [3.05, 3.63) is 82.6 Å². The van der Waals surface area contributed by atoms with Crippen molar-refractivity contribution >= 4 is 22.1 Å². The zero-order chi connectivity index (χ0) is 20.4. The Hall–Kier alpha value is -2.54. The summed E-state index contributed by atoms with van der Waals surface area (Å²) in [5, 5.41) is 1.17. The summed E-state index contributed by atoms with van der Waals surface area (Å²) in [6.07, 6.45) is 12.6. The lowest BCUT2D eigenvalue weighted by Crippen LogP contribution is -1.97. The van der Waals surface area contributed by atoms with Crippen molar-refractivity contribution in [1.29, 1.82) is 0 Å². The Morgan fingerprint density at radius 2 is 1.86 bits per heavy atom. The van der Waals surface area contributed by atoms with Gasteiger partial charge in [0.2, 0.25) is 0 Å². The predicted molar refractivity (Wildman–Crippen MR) is 125 cm³/mol. The van der Waals surface area contributed by atoms with Crippen LogP contribution in [0.15, 0.2) is 59.2 Å². The molecule has 0 unspecified atom stereocenters. The maximum absolute atomic E-state index is 5.55. The molecule has 1 aliphatic rings. The predicted octanol–water partition coefficient (Wildman–Crippen LogP) is 8.29. The van der Waals surface area contributed by atoms with E-state index in [1.54, 1.807) is 6.26 Å². The minimum atomic E-state index is 0.698. The number of unbranched alkanes of at least 4 members (excludes halogenated alkanes) is 1. The summed E-state index contributed by atoms with van der Waals surface area (Å²) < 4.78 is 5.55. The van der Waals surface area contributed by atoms with Gasteiger partial charge < -0.3 is 4.42 Å². The maximum atomic E-state index is 5.55. The van der Waals surface area contributed by atoms with E-state index < -0.39 is 0 Å². The van der Waals surface area contributed by atoms with Crippen LogP contribution < -0.4 is 0 Å². The molecule has 0 bridgehead atoms. The Morgan fingerprint density at radius 3 is 2.59 bits per heavy atom. The van der Waals surface area contributed by atoms with Crippen molar-refractivity contribution < 1.29 is 4.42 Å². The molecule has 4 rings (SSSR count). The average molecular weight is 385 g/mol. The minimum absolute atomic E-state index is 0.698. The van der Waals surface area contributed by atoms with Crippen LogP contribution in [0.5, 0.6) is 0 Å². The normalized spacial score (nSPS) is 15.3. The fourth-order valence-electron chi connectivity index (χ4n) is 4.27. The lowest BCUT2D eigenvalue weighted by Gasteiger charge is -2.16. The molecule has 3 aromatic rings. The molecular weight excluding hydrogens is 352 g/mol. The van der Waals surface area contributed by atoms with Crippen LogP contribution in [0.3, 0.4) is 0 Å². The van der Waals surface area contributed by atoms with E-state index in [0.29, 0.717) is 5.92 Å². The van der Waals surface area contributed by atoms with Gasteiger partial charge in [-0.2, -0.15) is 0 Å². The van der Waals surface area contributed by atoms with E-state index in [1.165, 1.54) is 57.2 Å². The van der Waals surface area contributed by atoms with Gasteiger partial charge in [0.15, 0.2) is 0 Å². The van der Waals surface area contributed by atoms with Crippen molar-refractivity contribution in [2.45, 2.75) is 59.8 Å². The maximum Gasteiger partial charge on any atom is 0.133 e. The Kier molecular flexibility index (Phi) is 5.76. The summed E-state index contributed by atoms with van der Waals surface area (Å²) in [6.45, 7) is 9.01. The molecule has 1 heteroatoms. The van der Waals surface area contributed by atoms with Crippen LogP contribution in [0.1, 0.15) is 67.3 Å². The quantitative estimate of drug-likeness (QED) is 0.373. The molecule has 0 N–H and O–H groups in total. The molecule has 2 aromatic carbocycles. The highest BCUT2D eigenvalue weighted by Crippen LogP contribution is 2.44. The van der Waals surface area contributed by atoms with E-state index in [-0.39, 0.29) is 0 Å². The van der Waals surface area contributed by atoms with Crippen molar-refractivity contribution in [3.63, 3.8) is 0 Å². The van der Waals surface area contributed by atoms with Crippen LogP contribution in [0.4, 0.5) is 0 Å². The highest BCUT2D eigenvalue weighted by atomic mass is 16.3. The highest BCUT2D eigenvalue weighted by molar-refractivity contribution is 5.89. The Bertz CT molecular complexity index is 1070. The minimum Gasteiger partial charge on any atom is -0.464 e.